The molecule has 0 aromatic carbocycles. The van der Waals surface area contributed by atoms with Gasteiger partial charge in [0, 0.05) is 23.8 Å². The van der Waals surface area contributed by atoms with Crippen molar-refractivity contribution in [3.63, 3.8) is 0 Å². The van der Waals surface area contributed by atoms with Crippen LogP contribution in [0.25, 0.3) is 0 Å². The van der Waals surface area contributed by atoms with Gasteiger partial charge >= 0.3 is 0 Å². The predicted molar refractivity (Wildman–Crippen MR) is 107 cm³/mol. The first-order chi connectivity index (χ1) is 11.7. The van der Waals surface area contributed by atoms with Crippen LogP contribution in [-0.4, -0.2) is 9.97 Å². The number of hydrogen-bond acceptors (Lipinski definition) is 0. The summed E-state index contributed by atoms with van der Waals surface area (Å²) in [5.41, 5.74) is 5.73. The van der Waals surface area contributed by atoms with E-state index < -0.39 is 0 Å². The number of aromatic nitrogens is 2. The Morgan fingerprint density at radius 1 is 0.583 bits per heavy atom. The Hall–Kier alpha value is -1.44. The van der Waals surface area contributed by atoms with Gasteiger partial charge in [0.05, 0.1) is 0 Å². The molecule has 0 aliphatic heterocycles. The molecule has 2 rings (SSSR count). The lowest BCUT2D eigenvalue weighted by Crippen LogP contribution is -1.83. The summed E-state index contributed by atoms with van der Waals surface area (Å²) in [6.45, 7) is 8.90. The second-order valence-corrected chi connectivity index (χ2v) is 6.77. The van der Waals surface area contributed by atoms with Crippen LogP contribution in [-0.2, 0) is 25.7 Å². The fraction of sp³-hybridized carbons (Fsp3) is 0.636. The molecule has 0 radical (unpaired) electrons. The molecular weight excluding hydrogens is 292 g/mol. The van der Waals surface area contributed by atoms with Crippen LogP contribution < -0.4 is 0 Å². The molecule has 2 heteroatoms. The maximum atomic E-state index is 3.35. The first kappa shape index (κ1) is 20.6. The molecule has 0 fully saturated rings. The van der Waals surface area contributed by atoms with Gasteiger partial charge in [0.2, 0.25) is 0 Å². The molecule has 0 bridgehead atoms. The Labute approximate surface area is 149 Å². The van der Waals surface area contributed by atoms with Crippen LogP contribution >= 0.6 is 0 Å². The largest absolute Gasteiger partial charge is 0.365 e. The van der Waals surface area contributed by atoms with E-state index in [1.165, 1.54) is 86.7 Å². The highest BCUT2D eigenvalue weighted by Crippen LogP contribution is 2.10. The molecule has 2 nitrogen and oxygen atoms in total. The number of hydrogen-bond donors (Lipinski definition) is 2. The fourth-order valence-corrected chi connectivity index (χ4v) is 2.87. The van der Waals surface area contributed by atoms with Crippen LogP contribution in [0.15, 0.2) is 24.5 Å². The van der Waals surface area contributed by atoms with Gasteiger partial charge in [0.1, 0.15) is 0 Å². The third-order valence-corrected chi connectivity index (χ3v) is 4.28. The lowest BCUT2D eigenvalue weighted by Gasteiger charge is -1.93. The number of nitrogens with one attached hydrogen (secondary N) is 2. The first-order valence-electron chi connectivity index (χ1n) is 10.1. The average molecular weight is 331 g/mol. The average Bonchev–Trinajstić information content (AvgIpc) is 3.22. The molecule has 0 saturated carbocycles. The minimum Gasteiger partial charge on any atom is -0.365 e. The van der Waals surface area contributed by atoms with Crippen LogP contribution in [0.5, 0.6) is 0 Å². The smallest absolute Gasteiger partial charge is 0.0149 e. The predicted octanol–water partition coefficient (Wildman–Crippen LogP) is 6.62. The quantitative estimate of drug-likeness (QED) is 0.490. The van der Waals surface area contributed by atoms with Gasteiger partial charge in [-0.2, -0.15) is 0 Å². The van der Waals surface area contributed by atoms with E-state index in [0.717, 1.165) is 0 Å². The van der Waals surface area contributed by atoms with Crippen molar-refractivity contribution in [2.24, 2.45) is 0 Å². The number of aromatic amines is 2. The van der Waals surface area contributed by atoms with Crippen molar-refractivity contribution in [1.82, 2.24) is 9.97 Å². The Bertz CT molecular complexity index is 479. The second-order valence-electron chi connectivity index (χ2n) is 6.77. The molecule has 24 heavy (non-hydrogen) atoms. The third-order valence-electron chi connectivity index (χ3n) is 4.28. The van der Waals surface area contributed by atoms with Gasteiger partial charge in [0.25, 0.3) is 0 Å². The Morgan fingerprint density at radius 2 is 1.08 bits per heavy atom. The Kier molecular flexibility index (Phi) is 11.1. The molecule has 0 amide bonds. The Morgan fingerprint density at radius 3 is 1.62 bits per heavy atom. The topological polar surface area (TPSA) is 31.6 Å². The summed E-state index contributed by atoms with van der Waals surface area (Å²) in [6.07, 6.45) is 16.8. The third kappa shape index (κ3) is 8.42. The standard InChI is InChI=1S/C12H21N.C10H17N/c1-3-5-7-11-9-12(13-10-11)8-6-4-2;1-3-5-9-7-10(6-4-2)11-8-9/h9-10,13H,3-8H2,1-2H3;7-8,11H,3-6H2,1-2H3. The summed E-state index contributed by atoms with van der Waals surface area (Å²) in [5, 5.41) is 0. The number of rotatable bonds is 10. The lowest BCUT2D eigenvalue weighted by molar-refractivity contribution is 0.780. The molecule has 2 aromatic rings. The van der Waals surface area contributed by atoms with Crippen molar-refractivity contribution >= 4 is 0 Å². The van der Waals surface area contributed by atoms with E-state index in [1.807, 2.05) is 0 Å². The summed E-state index contributed by atoms with van der Waals surface area (Å²) in [7, 11) is 0. The maximum absolute atomic E-state index is 3.35. The van der Waals surface area contributed by atoms with Crippen LogP contribution in [0.3, 0.4) is 0 Å². The molecule has 0 spiro atoms. The molecule has 0 atom stereocenters. The molecule has 0 aliphatic rings. The normalized spacial score (nSPS) is 10.5. The first-order valence-corrected chi connectivity index (χ1v) is 10.1. The summed E-state index contributed by atoms with van der Waals surface area (Å²) < 4.78 is 0. The van der Waals surface area contributed by atoms with Crippen molar-refractivity contribution in [2.75, 3.05) is 0 Å². The van der Waals surface area contributed by atoms with E-state index in [1.54, 1.807) is 0 Å². The minimum atomic E-state index is 1.18. The van der Waals surface area contributed by atoms with Crippen LogP contribution in [0, 0.1) is 0 Å². The molecule has 0 saturated heterocycles. The monoisotopic (exact) mass is 330 g/mol. The molecule has 136 valence electrons. The number of aryl methyl sites for hydroxylation is 4. The highest BCUT2D eigenvalue weighted by Gasteiger charge is 1.98. The Balaban J connectivity index is 0.000000243. The van der Waals surface area contributed by atoms with E-state index in [9.17, 15) is 0 Å². The number of unbranched alkanes of at least 4 members (excludes halogenated alkanes) is 2. The molecule has 0 unspecified atom stereocenters. The minimum absolute atomic E-state index is 1.18. The SMILES string of the molecule is CCCCc1c[nH]c(CCCC)c1.CCCc1c[nH]c(CCC)c1. The van der Waals surface area contributed by atoms with Gasteiger partial charge in [-0.3, -0.25) is 0 Å². The zero-order valence-electron chi connectivity index (χ0n) is 16.4. The highest BCUT2D eigenvalue weighted by molar-refractivity contribution is 5.17. The zero-order valence-corrected chi connectivity index (χ0v) is 16.4. The lowest BCUT2D eigenvalue weighted by atomic mass is 10.1. The van der Waals surface area contributed by atoms with Crippen molar-refractivity contribution < 1.29 is 0 Å². The van der Waals surface area contributed by atoms with Crippen LogP contribution in [0.2, 0.25) is 0 Å². The van der Waals surface area contributed by atoms with E-state index in [4.69, 9.17) is 0 Å². The van der Waals surface area contributed by atoms with E-state index in [0.29, 0.717) is 0 Å². The summed E-state index contributed by atoms with van der Waals surface area (Å²) in [4.78, 5) is 6.64. The van der Waals surface area contributed by atoms with Crippen molar-refractivity contribution in [2.45, 2.75) is 91.9 Å². The molecule has 2 aromatic heterocycles. The highest BCUT2D eigenvalue weighted by atomic mass is 14.7. The second kappa shape index (κ2) is 12.9. The zero-order chi connectivity index (χ0) is 17.6. The summed E-state index contributed by atoms with van der Waals surface area (Å²) in [5.74, 6) is 0. The molecular formula is C22H38N2. The van der Waals surface area contributed by atoms with Crippen LogP contribution in [0.1, 0.15) is 88.7 Å². The van der Waals surface area contributed by atoms with Gasteiger partial charge in [-0.25, -0.2) is 0 Å². The maximum Gasteiger partial charge on any atom is 0.0149 e. The fourth-order valence-electron chi connectivity index (χ4n) is 2.87. The van der Waals surface area contributed by atoms with Crippen molar-refractivity contribution in [1.29, 1.82) is 0 Å². The molecule has 2 heterocycles. The van der Waals surface area contributed by atoms with Crippen molar-refractivity contribution in [3.8, 4) is 0 Å². The summed E-state index contributed by atoms with van der Waals surface area (Å²) in [6, 6.07) is 4.61. The van der Waals surface area contributed by atoms with E-state index >= 15 is 0 Å². The van der Waals surface area contributed by atoms with Gasteiger partial charge in [-0.1, -0.05) is 53.4 Å². The number of H-pyrrole nitrogens is 2. The van der Waals surface area contributed by atoms with Gasteiger partial charge in [-0.15, -0.1) is 0 Å². The van der Waals surface area contributed by atoms with E-state index in [-0.39, 0.29) is 0 Å². The van der Waals surface area contributed by atoms with Crippen LogP contribution in [0.4, 0.5) is 0 Å². The van der Waals surface area contributed by atoms with Crippen molar-refractivity contribution in [3.05, 3.63) is 47.0 Å². The van der Waals surface area contributed by atoms with Gasteiger partial charge < -0.3 is 9.97 Å². The molecule has 0 aliphatic carbocycles. The summed E-state index contributed by atoms with van der Waals surface area (Å²) >= 11 is 0. The van der Waals surface area contributed by atoms with E-state index in [2.05, 4.69) is 62.2 Å². The van der Waals surface area contributed by atoms with Gasteiger partial charge in [0.15, 0.2) is 0 Å². The molecule has 2 N–H and O–H groups in total. The van der Waals surface area contributed by atoms with Gasteiger partial charge in [-0.05, 0) is 61.8 Å².